The molecule has 0 radical (unpaired) electrons. The molecule has 134 valence electrons. The predicted octanol–water partition coefficient (Wildman–Crippen LogP) is 1.65. The van der Waals surface area contributed by atoms with Crippen molar-refractivity contribution in [3.8, 4) is 0 Å². The third-order valence-corrected chi connectivity index (χ3v) is 4.51. The summed E-state index contributed by atoms with van der Waals surface area (Å²) in [6.07, 6.45) is 9.53. The number of thioether (sulfide) groups is 1. The average molecular weight is 354 g/mol. The van der Waals surface area contributed by atoms with Gasteiger partial charge >= 0.3 is 0 Å². The molecule has 2 N–H and O–H groups in total. The van der Waals surface area contributed by atoms with Crippen LogP contribution in [0.15, 0.2) is 12.4 Å². The lowest BCUT2D eigenvalue weighted by atomic mass is 10.1. The van der Waals surface area contributed by atoms with Gasteiger partial charge in [-0.05, 0) is 37.7 Å². The van der Waals surface area contributed by atoms with E-state index in [1.54, 1.807) is 28.8 Å². The highest BCUT2D eigenvalue weighted by Gasteiger charge is 2.20. The summed E-state index contributed by atoms with van der Waals surface area (Å²) in [5.41, 5.74) is 0.635. The Kier molecular flexibility index (Phi) is 7.58. The van der Waals surface area contributed by atoms with Crippen molar-refractivity contribution in [3.63, 3.8) is 0 Å². The molecule has 2 heterocycles. The topological polar surface area (TPSA) is 85.3 Å². The number of nitrogens with one attached hydrogen (secondary N) is 2. The third-order valence-electron chi connectivity index (χ3n) is 3.87. The maximum Gasteiger partial charge on any atom is 0.247 e. The van der Waals surface area contributed by atoms with Gasteiger partial charge in [0.05, 0.1) is 24.5 Å². The van der Waals surface area contributed by atoms with E-state index in [2.05, 4.69) is 15.7 Å². The van der Waals surface area contributed by atoms with Crippen molar-refractivity contribution in [2.45, 2.75) is 51.3 Å². The fourth-order valence-electron chi connectivity index (χ4n) is 2.67. The van der Waals surface area contributed by atoms with Gasteiger partial charge < -0.3 is 15.4 Å². The Morgan fingerprint density at radius 3 is 3.00 bits per heavy atom. The zero-order chi connectivity index (χ0) is 17.4. The number of ether oxygens (including phenoxy) is 1. The zero-order valence-corrected chi connectivity index (χ0v) is 15.1. The van der Waals surface area contributed by atoms with E-state index >= 15 is 0 Å². The van der Waals surface area contributed by atoms with Crippen LogP contribution in [0.25, 0.3) is 0 Å². The van der Waals surface area contributed by atoms with Crippen LogP contribution in [0.4, 0.5) is 5.69 Å². The second kappa shape index (κ2) is 9.68. The Labute approximate surface area is 146 Å². The second-order valence-corrected chi connectivity index (χ2v) is 6.95. The van der Waals surface area contributed by atoms with Gasteiger partial charge in [0.1, 0.15) is 6.04 Å². The molecule has 7 nitrogen and oxygen atoms in total. The highest BCUT2D eigenvalue weighted by molar-refractivity contribution is 7.98. The van der Waals surface area contributed by atoms with E-state index in [0.29, 0.717) is 18.7 Å². The molecule has 1 saturated heterocycles. The van der Waals surface area contributed by atoms with E-state index < -0.39 is 6.04 Å². The van der Waals surface area contributed by atoms with Gasteiger partial charge in [-0.2, -0.15) is 16.9 Å². The lowest BCUT2D eigenvalue weighted by Gasteiger charge is -2.22. The standard InChI is InChI=1S/C16H26N4O3S/c1-12(21)18-15(6-8-24-2)16(22)19-13-9-17-20(10-13)11-14-5-3-4-7-23-14/h9-10,14-15H,3-8,11H2,1-2H3,(H,18,21)(H,19,22). The molecular weight excluding hydrogens is 328 g/mol. The molecule has 8 heteroatoms. The molecule has 0 bridgehead atoms. The van der Waals surface area contributed by atoms with Gasteiger partial charge in [0.2, 0.25) is 11.8 Å². The maximum absolute atomic E-state index is 12.4. The first kappa shape index (κ1) is 18.8. The Morgan fingerprint density at radius 2 is 2.33 bits per heavy atom. The van der Waals surface area contributed by atoms with E-state index in [9.17, 15) is 9.59 Å². The van der Waals surface area contributed by atoms with E-state index in [-0.39, 0.29) is 17.9 Å². The van der Waals surface area contributed by atoms with Crippen LogP contribution in [0.2, 0.25) is 0 Å². The minimum atomic E-state index is -0.528. The van der Waals surface area contributed by atoms with Crippen molar-refractivity contribution >= 4 is 29.3 Å². The minimum Gasteiger partial charge on any atom is -0.376 e. The number of nitrogens with zero attached hydrogens (tertiary/aromatic N) is 2. The Bertz CT molecular complexity index is 543. The average Bonchev–Trinajstić information content (AvgIpc) is 2.99. The third kappa shape index (κ3) is 6.16. The van der Waals surface area contributed by atoms with Crippen LogP contribution in [0.1, 0.15) is 32.6 Å². The number of aromatic nitrogens is 2. The van der Waals surface area contributed by atoms with Crippen LogP contribution in [0, 0.1) is 0 Å². The predicted molar refractivity (Wildman–Crippen MR) is 95.1 cm³/mol. The summed E-state index contributed by atoms with van der Waals surface area (Å²) in [4.78, 5) is 23.6. The summed E-state index contributed by atoms with van der Waals surface area (Å²) in [5.74, 6) is 0.380. The van der Waals surface area contributed by atoms with Crippen LogP contribution in [0.3, 0.4) is 0 Å². The fourth-order valence-corrected chi connectivity index (χ4v) is 3.14. The summed E-state index contributed by atoms with van der Waals surface area (Å²) >= 11 is 1.64. The van der Waals surface area contributed by atoms with Crippen molar-refractivity contribution < 1.29 is 14.3 Å². The summed E-state index contributed by atoms with van der Waals surface area (Å²) < 4.78 is 7.49. The van der Waals surface area contributed by atoms with Crippen LogP contribution in [-0.4, -0.2) is 52.4 Å². The number of carbonyl (C=O) groups excluding carboxylic acids is 2. The molecule has 1 aromatic heterocycles. The summed E-state index contributed by atoms with van der Waals surface area (Å²) in [7, 11) is 0. The summed E-state index contributed by atoms with van der Waals surface area (Å²) in [5, 5.41) is 9.80. The number of rotatable bonds is 8. The van der Waals surface area contributed by atoms with Crippen molar-refractivity contribution in [1.29, 1.82) is 0 Å². The SMILES string of the molecule is CSCCC(NC(C)=O)C(=O)Nc1cnn(CC2CCCCO2)c1. The van der Waals surface area contributed by atoms with Crippen molar-refractivity contribution in [2.75, 3.05) is 23.9 Å². The fraction of sp³-hybridized carbons (Fsp3) is 0.688. The van der Waals surface area contributed by atoms with E-state index in [0.717, 1.165) is 25.2 Å². The van der Waals surface area contributed by atoms with Gasteiger partial charge in [0.15, 0.2) is 0 Å². The van der Waals surface area contributed by atoms with Crippen LogP contribution >= 0.6 is 11.8 Å². The number of amides is 2. The van der Waals surface area contributed by atoms with Gasteiger partial charge in [0.25, 0.3) is 0 Å². The number of anilines is 1. The summed E-state index contributed by atoms with van der Waals surface area (Å²) in [6, 6.07) is -0.528. The number of carbonyl (C=O) groups is 2. The molecule has 0 spiro atoms. The molecule has 2 amide bonds. The van der Waals surface area contributed by atoms with Crippen LogP contribution in [-0.2, 0) is 20.9 Å². The lowest BCUT2D eigenvalue weighted by molar-refractivity contribution is -0.125. The van der Waals surface area contributed by atoms with Gasteiger partial charge in [0, 0.05) is 19.7 Å². The van der Waals surface area contributed by atoms with Crippen molar-refractivity contribution in [3.05, 3.63) is 12.4 Å². The molecule has 24 heavy (non-hydrogen) atoms. The van der Waals surface area contributed by atoms with Crippen molar-refractivity contribution in [2.24, 2.45) is 0 Å². The molecule has 1 aliphatic heterocycles. The smallest absolute Gasteiger partial charge is 0.247 e. The molecule has 0 saturated carbocycles. The Balaban J connectivity index is 1.88. The second-order valence-electron chi connectivity index (χ2n) is 5.96. The normalized spacial score (nSPS) is 18.8. The zero-order valence-electron chi connectivity index (χ0n) is 14.3. The van der Waals surface area contributed by atoms with E-state index in [4.69, 9.17) is 4.74 Å². The maximum atomic E-state index is 12.4. The van der Waals surface area contributed by atoms with Crippen LogP contribution < -0.4 is 10.6 Å². The van der Waals surface area contributed by atoms with E-state index in [1.165, 1.54) is 13.3 Å². The first-order valence-electron chi connectivity index (χ1n) is 8.29. The Morgan fingerprint density at radius 1 is 1.50 bits per heavy atom. The molecule has 2 rings (SSSR count). The monoisotopic (exact) mass is 354 g/mol. The molecule has 1 fully saturated rings. The first-order valence-corrected chi connectivity index (χ1v) is 9.69. The highest BCUT2D eigenvalue weighted by Crippen LogP contribution is 2.15. The number of hydrogen-bond acceptors (Lipinski definition) is 5. The summed E-state index contributed by atoms with van der Waals surface area (Å²) in [6.45, 7) is 2.92. The molecule has 0 aromatic carbocycles. The molecule has 1 aromatic rings. The Hall–Kier alpha value is -1.54. The van der Waals surface area contributed by atoms with Gasteiger partial charge in [-0.15, -0.1) is 0 Å². The largest absolute Gasteiger partial charge is 0.376 e. The number of hydrogen-bond donors (Lipinski definition) is 2. The molecule has 0 aliphatic carbocycles. The molecule has 1 aliphatic rings. The first-order chi connectivity index (χ1) is 11.6. The van der Waals surface area contributed by atoms with Gasteiger partial charge in [-0.1, -0.05) is 0 Å². The highest BCUT2D eigenvalue weighted by atomic mass is 32.2. The quantitative estimate of drug-likeness (QED) is 0.741. The molecule has 2 atom stereocenters. The van der Waals surface area contributed by atoms with Crippen LogP contribution in [0.5, 0.6) is 0 Å². The van der Waals surface area contributed by atoms with Gasteiger partial charge in [-0.3, -0.25) is 14.3 Å². The molecule has 2 unspecified atom stereocenters. The van der Waals surface area contributed by atoms with E-state index in [1.807, 2.05) is 6.26 Å². The van der Waals surface area contributed by atoms with Crippen molar-refractivity contribution in [1.82, 2.24) is 15.1 Å². The lowest BCUT2D eigenvalue weighted by Crippen LogP contribution is -2.43. The molecular formula is C16H26N4O3S. The van der Waals surface area contributed by atoms with Gasteiger partial charge in [-0.25, -0.2) is 0 Å². The minimum absolute atomic E-state index is 0.191.